The zero-order valence-corrected chi connectivity index (χ0v) is 13.7. The molecule has 3 heteroatoms. The molecule has 0 saturated carbocycles. The molecular weight excluding hydrogens is 274 g/mol. The fourth-order valence-electron chi connectivity index (χ4n) is 2.54. The number of likely N-dealkylation sites (N-methyl/N-ethyl adjacent to an activating group) is 1. The highest BCUT2D eigenvalue weighted by molar-refractivity contribution is 5.94. The SMILES string of the molecule is CCN(C(=O)COc1c(C)cccc1C)c1cccc(C)c1. The van der Waals surface area contributed by atoms with Gasteiger partial charge in [0.05, 0.1) is 0 Å². The number of amides is 1. The average molecular weight is 297 g/mol. The lowest BCUT2D eigenvalue weighted by molar-refractivity contribution is -0.120. The fraction of sp³-hybridized carbons (Fsp3) is 0.316. The quantitative estimate of drug-likeness (QED) is 0.833. The van der Waals surface area contributed by atoms with E-state index in [1.807, 2.05) is 70.2 Å². The van der Waals surface area contributed by atoms with Crippen LogP contribution in [0.1, 0.15) is 23.6 Å². The highest BCUT2D eigenvalue weighted by atomic mass is 16.5. The molecule has 0 aliphatic carbocycles. The van der Waals surface area contributed by atoms with Crippen molar-refractivity contribution in [2.75, 3.05) is 18.1 Å². The molecule has 1 amide bonds. The Hall–Kier alpha value is -2.29. The number of hydrogen-bond acceptors (Lipinski definition) is 2. The normalized spacial score (nSPS) is 10.4. The molecule has 0 bridgehead atoms. The second-order valence-corrected chi connectivity index (χ2v) is 5.49. The highest BCUT2D eigenvalue weighted by Gasteiger charge is 2.15. The maximum atomic E-state index is 12.5. The third-order valence-electron chi connectivity index (χ3n) is 3.68. The molecule has 0 saturated heterocycles. The van der Waals surface area contributed by atoms with Crippen molar-refractivity contribution < 1.29 is 9.53 Å². The molecule has 3 nitrogen and oxygen atoms in total. The maximum Gasteiger partial charge on any atom is 0.264 e. The van der Waals surface area contributed by atoms with Crippen LogP contribution in [0.4, 0.5) is 5.69 Å². The van der Waals surface area contributed by atoms with Gasteiger partial charge in [-0.05, 0) is 56.5 Å². The van der Waals surface area contributed by atoms with E-state index in [-0.39, 0.29) is 12.5 Å². The largest absolute Gasteiger partial charge is 0.483 e. The van der Waals surface area contributed by atoms with E-state index in [2.05, 4.69) is 0 Å². The van der Waals surface area contributed by atoms with Gasteiger partial charge in [0.1, 0.15) is 5.75 Å². The standard InChI is InChI=1S/C19H23NO2/c1-5-20(17-11-6-8-14(2)12-17)18(21)13-22-19-15(3)9-7-10-16(19)4/h6-12H,5,13H2,1-4H3. The van der Waals surface area contributed by atoms with Gasteiger partial charge < -0.3 is 9.64 Å². The molecular formula is C19H23NO2. The summed E-state index contributed by atoms with van der Waals surface area (Å²) in [6, 6.07) is 13.9. The van der Waals surface area contributed by atoms with E-state index in [1.54, 1.807) is 4.90 Å². The predicted octanol–water partition coefficient (Wildman–Crippen LogP) is 4.04. The van der Waals surface area contributed by atoms with Gasteiger partial charge in [-0.2, -0.15) is 0 Å². The van der Waals surface area contributed by atoms with Crippen LogP contribution in [0.25, 0.3) is 0 Å². The van der Waals surface area contributed by atoms with Crippen LogP contribution in [0.2, 0.25) is 0 Å². The van der Waals surface area contributed by atoms with Crippen LogP contribution >= 0.6 is 0 Å². The molecule has 2 aromatic carbocycles. The molecule has 0 N–H and O–H groups in total. The Labute approximate surface area is 132 Å². The summed E-state index contributed by atoms with van der Waals surface area (Å²) in [7, 11) is 0. The molecule has 0 radical (unpaired) electrons. The lowest BCUT2D eigenvalue weighted by Crippen LogP contribution is -2.35. The molecule has 0 unspecified atom stereocenters. The van der Waals surface area contributed by atoms with Crippen molar-refractivity contribution in [3.05, 3.63) is 59.2 Å². The summed E-state index contributed by atoms with van der Waals surface area (Å²) in [5, 5.41) is 0. The number of nitrogens with zero attached hydrogens (tertiary/aromatic N) is 1. The number of carbonyl (C=O) groups is 1. The second kappa shape index (κ2) is 7.12. The topological polar surface area (TPSA) is 29.5 Å². The Morgan fingerprint density at radius 1 is 1.05 bits per heavy atom. The van der Waals surface area contributed by atoms with E-state index in [4.69, 9.17) is 4.74 Å². The molecule has 0 heterocycles. The van der Waals surface area contributed by atoms with E-state index in [0.717, 1.165) is 28.1 Å². The first-order valence-electron chi connectivity index (χ1n) is 7.59. The molecule has 0 spiro atoms. The van der Waals surface area contributed by atoms with Gasteiger partial charge in [0.15, 0.2) is 6.61 Å². The van der Waals surface area contributed by atoms with Gasteiger partial charge in [0.2, 0.25) is 0 Å². The second-order valence-electron chi connectivity index (χ2n) is 5.49. The lowest BCUT2D eigenvalue weighted by Gasteiger charge is -2.22. The molecule has 2 aromatic rings. The predicted molar refractivity (Wildman–Crippen MR) is 90.6 cm³/mol. The Balaban J connectivity index is 2.10. The van der Waals surface area contributed by atoms with Crippen LogP contribution in [0.15, 0.2) is 42.5 Å². The number of benzene rings is 2. The van der Waals surface area contributed by atoms with Crippen molar-refractivity contribution in [2.24, 2.45) is 0 Å². The van der Waals surface area contributed by atoms with Crippen LogP contribution in [-0.4, -0.2) is 19.1 Å². The molecule has 22 heavy (non-hydrogen) atoms. The van der Waals surface area contributed by atoms with Gasteiger partial charge in [0.25, 0.3) is 5.91 Å². The highest BCUT2D eigenvalue weighted by Crippen LogP contribution is 2.23. The molecule has 0 aromatic heterocycles. The number of hydrogen-bond donors (Lipinski definition) is 0. The number of rotatable bonds is 5. The summed E-state index contributed by atoms with van der Waals surface area (Å²) in [5.74, 6) is 0.770. The molecule has 116 valence electrons. The first-order chi connectivity index (χ1) is 10.5. The minimum Gasteiger partial charge on any atom is -0.483 e. The minimum atomic E-state index is -0.0317. The van der Waals surface area contributed by atoms with Gasteiger partial charge in [0, 0.05) is 12.2 Å². The van der Waals surface area contributed by atoms with Gasteiger partial charge in [-0.3, -0.25) is 4.79 Å². The summed E-state index contributed by atoms with van der Waals surface area (Å²) in [6.45, 7) is 8.65. The van der Waals surface area contributed by atoms with Crippen molar-refractivity contribution in [1.29, 1.82) is 0 Å². The van der Waals surface area contributed by atoms with E-state index < -0.39 is 0 Å². The summed E-state index contributed by atoms with van der Waals surface area (Å²) < 4.78 is 5.77. The van der Waals surface area contributed by atoms with Crippen LogP contribution < -0.4 is 9.64 Å². The average Bonchev–Trinajstić information content (AvgIpc) is 2.47. The van der Waals surface area contributed by atoms with Crippen molar-refractivity contribution in [1.82, 2.24) is 0 Å². The number of aryl methyl sites for hydroxylation is 3. The summed E-state index contributed by atoms with van der Waals surface area (Å²) >= 11 is 0. The van der Waals surface area contributed by atoms with E-state index in [0.29, 0.717) is 6.54 Å². The van der Waals surface area contributed by atoms with Crippen LogP contribution in [0.5, 0.6) is 5.75 Å². The third kappa shape index (κ3) is 3.67. The first kappa shape index (κ1) is 16.1. The molecule has 0 fully saturated rings. The van der Waals surface area contributed by atoms with Crippen LogP contribution in [0, 0.1) is 20.8 Å². The van der Waals surface area contributed by atoms with Gasteiger partial charge in [-0.25, -0.2) is 0 Å². The fourth-order valence-corrected chi connectivity index (χ4v) is 2.54. The first-order valence-corrected chi connectivity index (χ1v) is 7.59. The van der Waals surface area contributed by atoms with Crippen molar-refractivity contribution >= 4 is 11.6 Å². The maximum absolute atomic E-state index is 12.5. The number of ether oxygens (including phenoxy) is 1. The lowest BCUT2D eigenvalue weighted by atomic mass is 10.1. The van der Waals surface area contributed by atoms with Gasteiger partial charge in [-0.15, -0.1) is 0 Å². The van der Waals surface area contributed by atoms with E-state index in [9.17, 15) is 4.79 Å². The Kier molecular flexibility index (Phi) is 5.21. The number of carbonyl (C=O) groups excluding carboxylic acids is 1. The van der Waals surface area contributed by atoms with Crippen LogP contribution in [0.3, 0.4) is 0 Å². The summed E-state index contributed by atoms with van der Waals surface area (Å²) in [6.07, 6.45) is 0. The zero-order valence-electron chi connectivity index (χ0n) is 13.7. The molecule has 0 atom stereocenters. The zero-order chi connectivity index (χ0) is 16.1. The Bertz CT molecular complexity index is 644. The molecule has 0 aliphatic rings. The smallest absolute Gasteiger partial charge is 0.264 e. The van der Waals surface area contributed by atoms with E-state index >= 15 is 0 Å². The van der Waals surface area contributed by atoms with Crippen molar-refractivity contribution in [3.63, 3.8) is 0 Å². The number of para-hydroxylation sites is 1. The Morgan fingerprint density at radius 2 is 1.68 bits per heavy atom. The Morgan fingerprint density at radius 3 is 2.27 bits per heavy atom. The monoisotopic (exact) mass is 297 g/mol. The third-order valence-corrected chi connectivity index (χ3v) is 3.68. The molecule has 2 rings (SSSR count). The van der Waals surface area contributed by atoms with E-state index in [1.165, 1.54) is 0 Å². The minimum absolute atomic E-state index is 0.0317. The van der Waals surface area contributed by atoms with Crippen molar-refractivity contribution in [3.8, 4) is 5.75 Å². The summed E-state index contributed by atoms with van der Waals surface area (Å²) in [5.41, 5.74) is 4.15. The van der Waals surface area contributed by atoms with Crippen molar-refractivity contribution in [2.45, 2.75) is 27.7 Å². The van der Waals surface area contributed by atoms with Crippen LogP contribution in [-0.2, 0) is 4.79 Å². The summed E-state index contributed by atoms with van der Waals surface area (Å²) in [4.78, 5) is 14.2. The van der Waals surface area contributed by atoms with Gasteiger partial charge >= 0.3 is 0 Å². The van der Waals surface area contributed by atoms with Gasteiger partial charge in [-0.1, -0.05) is 30.3 Å². The number of anilines is 1. The molecule has 0 aliphatic heterocycles.